The zero-order valence-corrected chi connectivity index (χ0v) is 15.9. The van der Waals surface area contributed by atoms with Crippen molar-refractivity contribution >= 4 is 0 Å². The first-order chi connectivity index (χ1) is 12.7. The van der Waals surface area contributed by atoms with Crippen LogP contribution in [-0.4, -0.2) is 21.3 Å². The minimum Gasteiger partial charge on any atom is -0.497 e. The lowest BCUT2D eigenvalue weighted by Gasteiger charge is -2.46. The van der Waals surface area contributed by atoms with Crippen LogP contribution in [0.15, 0.2) is 59.6 Å². The Bertz CT molecular complexity index is 741. The molecule has 0 bridgehead atoms. The molecule has 4 unspecified atom stereocenters. The maximum atomic E-state index is 5.75. The van der Waals surface area contributed by atoms with E-state index in [9.17, 15) is 0 Å². The van der Waals surface area contributed by atoms with Gasteiger partial charge in [-0.3, -0.25) is 0 Å². The molecule has 4 atom stereocenters. The van der Waals surface area contributed by atoms with Gasteiger partial charge in [-0.05, 0) is 54.0 Å². The van der Waals surface area contributed by atoms with Crippen LogP contribution in [0.1, 0.15) is 37.2 Å². The van der Waals surface area contributed by atoms with Crippen LogP contribution in [0.4, 0.5) is 0 Å². The van der Waals surface area contributed by atoms with Gasteiger partial charge in [0.05, 0.1) is 21.3 Å². The molecule has 0 amide bonds. The van der Waals surface area contributed by atoms with E-state index in [4.69, 9.17) is 14.2 Å². The monoisotopic (exact) mass is 352 g/mol. The molecule has 3 aliphatic carbocycles. The Labute approximate surface area is 156 Å². The van der Waals surface area contributed by atoms with Gasteiger partial charge in [0.25, 0.3) is 0 Å². The van der Waals surface area contributed by atoms with Crippen molar-refractivity contribution in [2.75, 3.05) is 21.3 Å². The molecule has 0 aromatic heterocycles. The van der Waals surface area contributed by atoms with Crippen molar-refractivity contribution in [3.63, 3.8) is 0 Å². The van der Waals surface area contributed by atoms with E-state index in [1.54, 1.807) is 21.3 Å². The first-order valence-electron chi connectivity index (χ1n) is 9.62. The number of hydrogen-bond acceptors (Lipinski definition) is 3. The van der Waals surface area contributed by atoms with Gasteiger partial charge in [0.1, 0.15) is 17.3 Å². The smallest absolute Gasteiger partial charge is 0.126 e. The van der Waals surface area contributed by atoms with Gasteiger partial charge in [0.15, 0.2) is 0 Å². The van der Waals surface area contributed by atoms with Gasteiger partial charge in [-0.15, -0.1) is 0 Å². The van der Waals surface area contributed by atoms with E-state index in [1.165, 1.54) is 36.8 Å². The summed E-state index contributed by atoms with van der Waals surface area (Å²) in [5.74, 6) is 4.97. The van der Waals surface area contributed by atoms with Crippen LogP contribution in [0.25, 0.3) is 0 Å². The Morgan fingerprint density at radius 3 is 2.08 bits per heavy atom. The van der Waals surface area contributed by atoms with Crippen molar-refractivity contribution in [1.82, 2.24) is 0 Å². The lowest BCUT2D eigenvalue weighted by molar-refractivity contribution is 0.158. The average Bonchev–Trinajstić information content (AvgIpc) is 2.72. The molecule has 1 aromatic rings. The highest BCUT2D eigenvalue weighted by Crippen LogP contribution is 2.53. The van der Waals surface area contributed by atoms with E-state index in [1.807, 2.05) is 6.08 Å². The van der Waals surface area contributed by atoms with Gasteiger partial charge >= 0.3 is 0 Å². The fourth-order valence-corrected chi connectivity index (χ4v) is 5.11. The number of methoxy groups -OCH3 is 3. The summed E-state index contributed by atoms with van der Waals surface area (Å²) in [6.45, 7) is 0. The van der Waals surface area contributed by atoms with E-state index in [0.29, 0.717) is 23.7 Å². The number of fused-ring (bicyclic) bond motifs is 3. The molecule has 0 saturated heterocycles. The number of hydrogen-bond donors (Lipinski definition) is 0. The molecule has 1 saturated carbocycles. The van der Waals surface area contributed by atoms with Crippen LogP contribution in [0, 0.1) is 17.8 Å². The number of benzene rings is 1. The summed E-state index contributed by atoms with van der Waals surface area (Å²) in [6.07, 6.45) is 12.0. The summed E-state index contributed by atoms with van der Waals surface area (Å²) in [6, 6.07) is 8.60. The molecule has 3 nitrogen and oxygen atoms in total. The standard InChI is InChI=1S/C23H28O3/c1-24-16-10-8-15(9-11-16)20-14-22-21(19-7-5-4-6-18(19)20)12-17(25-2)13-23(22)26-3/h8-14,18-21H,4-7H2,1-3H3. The van der Waals surface area contributed by atoms with Crippen molar-refractivity contribution in [2.24, 2.45) is 17.8 Å². The van der Waals surface area contributed by atoms with E-state index in [0.717, 1.165) is 17.3 Å². The van der Waals surface area contributed by atoms with Crippen molar-refractivity contribution in [2.45, 2.75) is 31.6 Å². The predicted molar refractivity (Wildman–Crippen MR) is 103 cm³/mol. The first-order valence-corrected chi connectivity index (χ1v) is 9.62. The number of rotatable bonds is 4. The minimum atomic E-state index is 0.407. The highest BCUT2D eigenvalue weighted by Gasteiger charge is 2.43. The maximum absolute atomic E-state index is 5.75. The lowest BCUT2D eigenvalue weighted by atomic mass is 9.59. The van der Waals surface area contributed by atoms with Crippen molar-refractivity contribution < 1.29 is 14.2 Å². The Morgan fingerprint density at radius 1 is 0.769 bits per heavy atom. The fraction of sp³-hybridized carbons (Fsp3) is 0.478. The summed E-state index contributed by atoms with van der Waals surface area (Å²) in [7, 11) is 5.22. The topological polar surface area (TPSA) is 27.7 Å². The molecule has 26 heavy (non-hydrogen) atoms. The third-order valence-electron chi connectivity index (χ3n) is 6.37. The highest BCUT2D eigenvalue weighted by atomic mass is 16.5. The molecular weight excluding hydrogens is 324 g/mol. The molecular formula is C23H28O3. The van der Waals surface area contributed by atoms with E-state index < -0.39 is 0 Å². The zero-order valence-electron chi connectivity index (χ0n) is 15.9. The van der Waals surface area contributed by atoms with Crippen LogP contribution in [-0.2, 0) is 9.47 Å². The summed E-state index contributed by atoms with van der Waals surface area (Å²) < 4.78 is 16.6. The molecule has 3 heteroatoms. The van der Waals surface area contributed by atoms with E-state index in [2.05, 4.69) is 36.4 Å². The van der Waals surface area contributed by atoms with Crippen LogP contribution in [0.2, 0.25) is 0 Å². The lowest BCUT2D eigenvalue weighted by Crippen LogP contribution is -2.36. The molecule has 1 aromatic carbocycles. The predicted octanol–water partition coefficient (Wildman–Crippen LogP) is 5.22. The molecule has 0 heterocycles. The van der Waals surface area contributed by atoms with E-state index in [-0.39, 0.29) is 0 Å². The largest absolute Gasteiger partial charge is 0.497 e. The highest BCUT2D eigenvalue weighted by molar-refractivity contribution is 5.46. The van der Waals surface area contributed by atoms with Gasteiger partial charge in [0, 0.05) is 17.9 Å². The van der Waals surface area contributed by atoms with Gasteiger partial charge in [-0.1, -0.05) is 31.1 Å². The van der Waals surface area contributed by atoms with Crippen LogP contribution in [0.5, 0.6) is 5.75 Å². The van der Waals surface area contributed by atoms with E-state index >= 15 is 0 Å². The fourth-order valence-electron chi connectivity index (χ4n) is 5.11. The second-order valence-electron chi connectivity index (χ2n) is 7.54. The van der Waals surface area contributed by atoms with Crippen LogP contribution in [0.3, 0.4) is 0 Å². The third-order valence-corrected chi connectivity index (χ3v) is 6.37. The summed E-state index contributed by atoms with van der Waals surface area (Å²) >= 11 is 0. The molecule has 138 valence electrons. The average molecular weight is 352 g/mol. The Kier molecular flexibility index (Phi) is 4.80. The summed E-state index contributed by atoms with van der Waals surface area (Å²) in [5.41, 5.74) is 2.71. The molecule has 0 radical (unpaired) electrons. The molecule has 0 aliphatic heterocycles. The Morgan fingerprint density at radius 2 is 1.46 bits per heavy atom. The second-order valence-corrected chi connectivity index (χ2v) is 7.54. The van der Waals surface area contributed by atoms with Crippen molar-refractivity contribution in [3.8, 4) is 5.75 Å². The van der Waals surface area contributed by atoms with Gasteiger partial charge in [-0.2, -0.15) is 0 Å². The zero-order chi connectivity index (χ0) is 18.1. The Hall–Kier alpha value is -2.16. The van der Waals surface area contributed by atoms with Gasteiger partial charge in [0.2, 0.25) is 0 Å². The SMILES string of the molecule is COC1=CC2C(=CC(c3ccc(OC)cc3)C3CCCCC23)C(OC)=C1. The summed E-state index contributed by atoms with van der Waals surface area (Å²) in [4.78, 5) is 0. The molecule has 0 spiro atoms. The summed E-state index contributed by atoms with van der Waals surface area (Å²) in [5, 5.41) is 0. The maximum Gasteiger partial charge on any atom is 0.126 e. The normalized spacial score (nSPS) is 30.2. The molecule has 0 N–H and O–H groups in total. The second kappa shape index (κ2) is 7.22. The first kappa shape index (κ1) is 17.3. The number of allylic oxidation sites excluding steroid dienone is 4. The quantitative estimate of drug-likeness (QED) is 0.744. The number of ether oxygens (including phenoxy) is 3. The molecule has 4 rings (SSSR count). The third kappa shape index (κ3) is 2.94. The van der Waals surface area contributed by atoms with Crippen LogP contribution >= 0.6 is 0 Å². The van der Waals surface area contributed by atoms with Crippen molar-refractivity contribution in [3.05, 3.63) is 65.1 Å². The minimum absolute atomic E-state index is 0.407. The van der Waals surface area contributed by atoms with Gasteiger partial charge in [-0.25, -0.2) is 0 Å². The van der Waals surface area contributed by atoms with Gasteiger partial charge < -0.3 is 14.2 Å². The van der Waals surface area contributed by atoms with Crippen molar-refractivity contribution in [1.29, 1.82) is 0 Å². The molecule has 1 fully saturated rings. The molecule has 3 aliphatic rings. The Balaban J connectivity index is 1.77. The van der Waals surface area contributed by atoms with Crippen LogP contribution < -0.4 is 4.74 Å².